The summed E-state index contributed by atoms with van der Waals surface area (Å²) in [5.74, 6) is 0.181. The molecule has 0 rings (SSSR count). The maximum atomic E-state index is 12.5. The van der Waals surface area contributed by atoms with E-state index in [0.29, 0.717) is 12.8 Å². The van der Waals surface area contributed by atoms with Crippen molar-refractivity contribution in [1.29, 1.82) is 0 Å². The van der Waals surface area contributed by atoms with Crippen molar-refractivity contribution >= 4 is 11.8 Å². The Hall–Kier alpha value is -1.06. The fourth-order valence-electron chi connectivity index (χ4n) is 7.02. The van der Waals surface area contributed by atoms with Gasteiger partial charge >= 0.3 is 0 Å². The van der Waals surface area contributed by atoms with Gasteiger partial charge < -0.3 is 10.6 Å². The lowest BCUT2D eigenvalue weighted by molar-refractivity contribution is -0.124. The van der Waals surface area contributed by atoms with E-state index in [9.17, 15) is 9.59 Å². The molecule has 2 N–H and O–H groups in total. The molecule has 0 unspecified atom stereocenters. The summed E-state index contributed by atoms with van der Waals surface area (Å²) >= 11 is 0. The van der Waals surface area contributed by atoms with Crippen LogP contribution in [0.3, 0.4) is 0 Å². The molecule has 286 valence electrons. The van der Waals surface area contributed by atoms with Gasteiger partial charge in [0.25, 0.3) is 0 Å². The normalized spacial score (nSPS) is 11.4. The first kappa shape index (κ1) is 46.9. The van der Waals surface area contributed by atoms with Crippen molar-refractivity contribution in [3.8, 4) is 0 Å². The molecule has 0 spiro atoms. The summed E-state index contributed by atoms with van der Waals surface area (Å²) in [6, 6.07) is 0. The van der Waals surface area contributed by atoms with Crippen molar-refractivity contribution in [2.45, 2.75) is 271 Å². The number of hydrogen-bond donors (Lipinski definition) is 2. The van der Waals surface area contributed by atoms with E-state index in [2.05, 4.69) is 31.4 Å². The van der Waals surface area contributed by atoms with Gasteiger partial charge in [0.2, 0.25) is 11.8 Å². The summed E-state index contributed by atoms with van der Waals surface area (Å²) in [7, 11) is 0. The molecule has 0 radical (unpaired) electrons. The summed E-state index contributed by atoms with van der Waals surface area (Å²) in [6.07, 6.45) is 48.6. The van der Waals surface area contributed by atoms with Crippen LogP contribution in [0.4, 0.5) is 0 Å². The summed E-state index contributed by atoms with van der Waals surface area (Å²) in [6.45, 7) is 6.69. The highest BCUT2D eigenvalue weighted by Crippen LogP contribution is 2.16. The Balaban J connectivity index is 3.57. The van der Waals surface area contributed by atoms with E-state index in [1.54, 1.807) is 0 Å². The Morgan fingerprint density at radius 1 is 0.312 bits per heavy atom. The summed E-state index contributed by atoms with van der Waals surface area (Å²) in [5.41, 5.74) is 0. The van der Waals surface area contributed by atoms with Gasteiger partial charge in [0.05, 0.1) is 0 Å². The summed E-state index contributed by atoms with van der Waals surface area (Å²) in [5, 5.41) is 6.18. The van der Waals surface area contributed by atoms with E-state index in [4.69, 9.17) is 0 Å². The van der Waals surface area contributed by atoms with Gasteiger partial charge in [0.1, 0.15) is 6.17 Å². The molecule has 0 atom stereocenters. The van der Waals surface area contributed by atoms with E-state index in [-0.39, 0.29) is 18.0 Å². The largest absolute Gasteiger partial charge is 0.336 e. The van der Waals surface area contributed by atoms with Crippen LogP contribution < -0.4 is 10.6 Å². The second-order valence-electron chi connectivity index (χ2n) is 15.3. The van der Waals surface area contributed by atoms with E-state index < -0.39 is 0 Å². The molecule has 0 bridgehead atoms. The van der Waals surface area contributed by atoms with Crippen LogP contribution in [0, 0.1) is 0 Å². The number of unbranched alkanes of at least 4 members (excludes halogenated alkanes) is 32. The van der Waals surface area contributed by atoms with Crippen LogP contribution in [0.15, 0.2) is 0 Å². The third kappa shape index (κ3) is 37.8. The summed E-state index contributed by atoms with van der Waals surface area (Å²) in [4.78, 5) is 25.1. The van der Waals surface area contributed by atoms with Gasteiger partial charge in [0.15, 0.2) is 0 Å². The van der Waals surface area contributed by atoms with Gasteiger partial charge in [-0.15, -0.1) is 0 Å². The first-order valence-corrected chi connectivity index (χ1v) is 22.2. The third-order valence-corrected chi connectivity index (χ3v) is 10.3. The zero-order chi connectivity index (χ0) is 35.0. The molecule has 0 aliphatic rings. The van der Waals surface area contributed by atoms with Crippen LogP contribution in [0.2, 0.25) is 0 Å². The minimum Gasteiger partial charge on any atom is -0.336 e. The Morgan fingerprint density at radius 2 is 0.521 bits per heavy atom. The Kier molecular flexibility index (Phi) is 39.5. The third-order valence-electron chi connectivity index (χ3n) is 10.3. The minimum absolute atomic E-state index is 0.0903. The highest BCUT2D eigenvalue weighted by molar-refractivity contribution is 5.79. The smallest absolute Gasteiger partial charge is 0.221 e. The molecule has 0 heterocycles. The number of carbonyl (C=O) groups is 2. The van der Waals surface area contributed by atoms with Crippen LogP contribution in [0.1, 0.15) is 265 Å². The lowest BCUT2D eigenvalue weighted by Crippen LogP contribution is -2.47. The molecular formula is C44H88N2O2. The molecule has 0 aliphatic heterocycles. The van der Waals surface area contributed by atoms with Gasteiger partial charge in [-0.2, -0.15) is 0 Å². The molecule has 0 saturated heterocycles. The zero-order valence-corrected chi connectivity index (χ0v) is 33.3. The number of rotatable bonds is 40. The van der Waals surface area contributed by atoms with Crippen LogP contribution in [-0.2, 0) is 9.59 Å². The van der Waals surface area contributed by atoms with Crippen molar-refractivity contribution in [3.05, 3.63) is 0 Å². The molecule has 0 fully saturated rings. The lowest BCUT2D eigenvalue weighted by atomic mass is 10.0. The molecule has 0 aromatic carbocycles. The Bertz CT molecular complexity index is 600. The van der Waals surface area contributed by atoms with Crippen molar-refractivity contribution in [3.63, 3.8) is 0 Å². The summed E-state index contributed by atoms with van der Waals surface area (Å²) < 4.78 is 0. The Morgan fingerprint density at radius 3 is 0.729 bits per heavy atom. The average Bonchev–Trinajstić information content (AvgIpc) is 3.07. The van der Waals surface area contributed by atoms with Gasteiger partial charge in [-0.25, -0.2) is 0 Å². The zero-order valence-electron chi connectivity index (χ0n) is 33.3. The standard InChI is InChI=1S/C44H88N2O2/c1-4-7-9-11-13-15-17-19-21-23-25-27-29-31-33-35-37-40-43(47)45-42(39-6-3)46-44(48)41-38-36-34-32-30-28-26-24-22-20-18-16-14-12-10-8-5-2/h42H,4-41H2,1-3H3,(H,45,47)(H,46,48). The maximum absolute atomic E-state index is 12.5. The van der Waals surface area contributed by atoms with E-state index in [1.165, 1.54) is 193 Å². The van der Waals surface area contributed by atoms with Gasteiger partial charge in [-0.3, -0.25) is 9.59 Å². The fraction of sp³-hybridized carbons (Fsp3) is 0.955. The quantitative estimate of drug-likeness (QED) is 0.0501. The predicted molar refractivity (Wildman–Crippen MR) is 213 cm³/mol. The molecule has 4 heteroatoms. The highest BCUT2D eigenvalue weighted by atomic mass is 16.2. The molecule has 48 heavy (non-hydrogen) atoms. The number of carbonyl (C=O) groups excluding carboxylic acids is 2. The number of hydrogen-bond acceptors (Lipinski definition) is 2. The van der Waals surface area contributed by atoms with Crippen LogP contribution >= 0.6 is 0 Å². The topological polar surface area (TPSA) is 58.2 Å². The first-order chi connectivity index (χ1) is 23.6. The van der Waals surface area contributed by atoms with E-state index >= 15 is 0 Å². The molecule has 4 nitrogen and oxygen atoms in total. The van der Waals surface area contributed by atoms with Crippen molar-refractivity contribution in [2.75, 3.05) is 0 Å². The van der Waals surface area contributed by atoms with Crippen molar-refractivity contribution in [2.24, 2.45) is 0 Å². The van der Waals surface area contributed by atoms with E-state index in [1.807, 2.05) is 0 Å². The monoisotopic (exact) mass is 677 g/mol. The van der Waals surface area contributed by atoms with Gasteiger partial charge in [0, 0.05) is 12.8 Å². The SMILES string of the molecule is CCCCCCCCCCCCCCCCCCCC(=O)NC(CCC)NC(=O)CCCCCCCCCCCCCCCCCCC. The molecule has 0 saturated carbocycles. The molecule has 0 aliphatic carbocycles. The number of amides is 2. The van der Waals surface area contributed by atoms with Gasteiger partial charge in [-0.05, 0) is 19.3 Å². The number of nitrogens with one attached hydrogen (secondary N) is 2. The van der Waals surface area contributed by atoms with Crippen LogP contribution in [0.5, 0.6) is 0 Å². The van der Waals surface area contributed by atoms with Crippen molar-refractivity contribution < 1.29 is 9.59 Å². The minimum atomic E-state index is -0.216. The molecule has 0 aromatic rings. The second kappa shape index (κ2) is 40.4. The highest BCUT2D eigenvalue weighted by Gasteiger charge is 2.14. The first-order valence-electron chi connectivity index (χ1n) is 22.2. The average molecular weight is 677 g/mol. The van der Waals surface area contributed by atoms with Gasteiger partial charge in [-0.1, -0.05) is 233 Å². The fourth-order valence-corrected chi connectivity index (χ4v) is 7.02. The maximum Gasteiger partial charge on any atom is 0.221 e. The van der Waals surface area contributed by atoms with E-state index in [0.717, 1.165) is 38.5 Å². The van der Waals surface area contributed by atoms with Crippen LogP contribution in [-0.4, -0.2) is 18.0 Å². The Labute approximate surface area is 302 Å². The molecule has 2 amide bonds. The van der Waals surface area contributed by atoms with Crippen LogP contribution in [0.25, 0.3) is 0 Å². The molecular weight excluding hydrogens is 588 g/mol. The predicted octanol–water partition coefficient (Wildman–Crippen LogP) is 14.4. The van der Waals surface area contributed by atoms with Crippen molar-refractivity contribution in [1.82, 2.24) is 10.6 Å². The molecule has 0 aromatic heterocycles. The second-order valence-corrected chi connectivity index (χ2v) is 15.3. The lowest BCUT2D eigenvalue weighted by Gasteiger charge is -2.20.